The van der Waals surface area contributed by atoms with Crippen molar-refractivity contribution in [3.63, 3.8) is 0 Å². The number of nitrogens with zero attached hydrogens (tertiary/aromatic N) is 3. The van der Waals surface area contributed by atoms with Crippen LogP contribution < -0.4 is 10.6 Å². The van der Waals surface area contributed by atoms with Gasteiger partial charge in [0.05, 0.1) is 36.5 Å². The first-order valence-corrected chi connectivity index (χ1v) is 9.98. The van der Waals surface area contributed by atoms with Gasteiger partial charge in [0.2, 0.25) is 0 Å². The third kappa shape index (κ3) is 5.79. The number of aryl methyl sites for hydroxylation is 1. The van der Waals surface area contributed by atoms with Crippen molar-refractivity contribution in [2.45, 2.75) is 40.3 Å². The molecule has 0 saturated carbocycles. The van der Waals surface area contributed by atoms with Crippen molar-refractivity contribution in [1.29, 1.82) is 5.26 Å². The van der Waals surface area contributed by atoms with E-state index in [2.05, 4.69) is 26.7 Å². The molecule has 0 aliphatic rings. The molecule has 0 aliphatic carbocycles. The van der Waals surface area contributed by atoms with E-state index in [1.807, 2.05) is 32.0 Å². The van der Waals surface area contributed by atoms with Gasteiger partial charge in [-0.15, -0.1) is 11.3 Å². The minimum atomic E-state index is -0.339. The molecule has 8 heteroatoms. The van der Waals surface area contributed by atoms with Crippen LogP contribution in [0.2, 0.25) is 0 Å². The third-order valence-electron chi connectivity index (χ3n) is 3.82. The lowest BCUT2D eigenvalue weighted by Crippen LogP contribution is -2.38. The van der Waals surface area contributed by atoms with Gasteiger partial charge in [0.1, 0.15) is 9.88 Å². The summed E-state index contributed by atoms with van der Waals surface area (Å²) in [7, 11) is 0. The van der Waals surface area contributed by atoms with E-state index in [1.54, 1.807) is 19.9 Å². The Bertz CT molecular complexity index is 885. The average molecular weight is 400 g/mol. The zero-order valence-electron chi connectivity index (χ0n) is 16.6. The number of guanidine groups is 1. The van der Waals surface area contributed by atoms with Crippen LogP contribution in [0.1, 0.15) is 58.3 Å². The summed E-state index contributed by atoms with van der Waals surface area (Å²) in [6.07, 6.45) is 0. The fourth-order valence-corrected chi connectivity index (χ4v) is 3.45. The molecule has 1 atom stereocenters. The van der Waals surface area contributed by atoms with Crippen molar-refractivity contribution in [3.05, 3.63) is 51.0 Å². The summed E-state index contributed by atoms with van der Waals surface area (Å²) in [6.45, 7) is 9.04. The van der Waals surface area contributed by atoms with E-state index in [1.165, 1.54) is 11.3 Å². The van der Waals surface area contributed by atoms with E-state index in [4.69, 9.17) is 10.00 Å². The Morgan fingerprint density at radius 1 is 1.43 bits per heavy atom. The Morgan fingerprint density at radius 3 is 2.89 bits per heavy atom. The number of nitriles is 1. The van der Waals surface area contributed by atoms with Crippen molar-refractivity contribution in [3.8, 4) is 6.07 Å². The topological polar surface area (TPSA) is 99.4 Å². The van der Waals surface area contributed by atoms with Gasteiger partial charge < -0.3 is 15.4 Å². The van der Waals surface area contributed by atoms with Crippen molar-refractivity contribution in [2.75, 3.05) is 13.2 Å². The number of rotatable bonds is 7. The molecule has 28 heavy (non-hydrogen) atoms. The molecule has 1 unspecified atom stereocenters. The number of nitrogens with one attached hydrogen (secondary N) is 2. The maximum atomic E-state index is 12.0. The fourth-order valence-electron chi connectivity index (χ4n) is 2.48. The minimum Gasteiger partial charge on any atom is -0.462 e. The predicted octanol–water partition coefficient (Wildman–Crippen LogP) is 3.32. The molecule has 2 N–H and O–H groups in total. The Hall–Kier alpha value is -2.92. The van der Waals surface area contributed by atoms with Crippen LogP contribution in [0.3, 0.4) is 0 Å². The number of aromatic nitrogens is 1. The van der Waals surface area contributed by atoms with Gasteiger partial charge in [-0.05, 0) is 45.4 Å². The van der Waals surface area contributed by atoms with Gasteiger partial charge in [0.25, 0.3) is 0 Å². The SMILES string of the molecule is CCNC(=NCc1cccc(C#N)c1)NC(C)c1nc(C)c(C(=O)OCC)s1. The lowest BCUT2D eigenvalue weighted by atomic mass is 10.1. The van der Waals surface area contributed by atoms with E-state index in [0.29, 0.717) is 41.8 Å². The molecule has 0 spiro atoms. The average Bonchev–Trinajstić information content (AvgIpc) is 3.08. The van der Waals surface area contributed by atoms with E-state index < -0.39 is 0 Å². The standard InChI is InChI=1S/C20H25N5O2S/c1-5-22-20(23-12-16-9-7-8-15(10-16)11-21)25-14(4)18-24-13(3)17(28-18)19(26)27-6-2/h7-10,14H,5-6,12H2,1-4H3,(H2,22,23,25). The summed E-state index contributed by atoms with van der Waals surface area (Å²) in [6, 6.07) is 9.39. The number of thiazole rings is 1. The van der Waals surface area contributed by atoms with Crippen LogP contribution in [0.25, 0.3) is 0 Å². The maximum Gasteiger partial charge on any atom is 0.350 e. The molecule has 0 bridgehead atoms. The van der Waals surface area contributed by atoms with Crippen LogP contribution in [0.4, 0.5) is 0 Å². The Morgan fingerprint density at radius 2 is 2.21 bits per heavy atom. The zero-order valence-corrected chi connectivity index (χ0v) is 17.4. The van der Waals surface area contributed by atoms with E-state index in [9.17, 15) is 4.79 Å². The molecule has 0 fully saturated rings. The molecular formula is C20H25N5O2S. The highest BCUT2D eigenvalue weighted by molar-refractivity contribution is 7.13. The molecular weight excluding hydrogens is 374 g/mol. The van der Waals surface area contributed by atoms with E-state index >= 15 is 0 Å². The normalized spacial score (nSPS) is 12.2. The van der Waals surface area contributed by atoms with Crippen LogP contribution in [-0.2, 0) is 11.3 Å². The molecule has 0 saturated heterocycles. The quantitative estimate of drug-likeness (QED) is 0.421. The Kier molecular flexibility index (Phi) is 7.96. The largest absolute Gasteiger partial charge is 0.462 e. The molecule has 0 radical (unpaired) electrons. The molecule has 2 aromatic rings. The summed E-state index contributed by atoms with van der Waals surface area (Å²) in [4.78, 5) is 21.6. The van der Waals surface area contributed by atoms with Gasteiger partial charge in [-0.2, -0.15) is 5.26 Å². The van der Waals surface area contributed by atoms with Gasteiger partial charge in [-0.25, -0.2) is 14.8 Å². The zero-order chi connectivity index (χ0) is 20.5. The summed E-state index contributed by atoms with van der Waals surface area (Å²) >= 11 is 1.33. The van der Waals surface area contributed by atoms with Gasteiger partial charge >= 0.3 is 5.97 Å². The summed E-state index contributed by atoms with van der Waals surface area (Å²) in [5, 5.41) is 16.3. The highest BCUT2D eigenvalue weighted by Crippen LogP contribution is 2.24. The number of esters is 1. The Balaban J connectivity index is 2.11. The van der Waals surface area contributed by atoms with Crippen LogP contribution in [0, 0.1) is 18.3 Å². The van der Waals surface area contributed by atoms with Crippen molar-refractivity contribution >= 4 is 23.3 Å². The minimum absolute atomic E-state index is 0.130. The number of hydrogen-bond acceptors (Lipinski definition) is 6. The molecule has 1 aromatic heterocycles. The first kappa shape index (κ1) is 21.4. The summed E-state index contributed by atoms with van der Waals surface area (Å²) in [5.41, 5.74) is 2.24. The molecule has 1 aromatic carbocycles. The van der Waals surface area contributed by atoms with Crippen LogP contribution in [-0.4, -0.2) is 30.1 Å². The van der Waals surface area contributed by atoms with Gasteiger partial charge in [0.15, 0.2) is 5.96 Å². The number of ether oxygens (including phenoxy) is 1. The van der Waals surface area contributed by atoms with Crippen LogP contribution >= 0.6 is 11.3 Å². The summed E-state index contributed by atoms with van der Waals surface area (Å²) < 4.78 is 5.08. The number of aliphatic imine (C=N–C) groups is 1. The number of carbonyl (C=O) groups is 1. The molecule has 2 rings (SSSR count). The number of benzene rings is 1. The van der Waals surface area contributed by atoms with Crippen molar-refractivity contribution in [1.82, 2.24) is 15.6 Å². The van der Waals surface area contributed by atoms with Gasteiger partial charge in [0, 0.05) is 6.54 Å². The second kappa shape index (κ2) is 10.4. The first-order chi connectivity index (χ1) is 13.5. The first-order valence-electron chi connectivity index (χ1n) is 9.16. The number of carbonyl (C=O) groups excluding carboxylic acids is 1. The molecule has 7 nitrogen and oxygen atoms in total. The molecule has 0 aliphatic heterocycles. The van der Waals surface area contributed by atoms with E-state index in [-0.39, 0.29) is 12.0 Å². The highest BCUT2D eigenvalue weighted by Gasteiger charge is 2.20. The Labute approximate surface area is 169 Å². The third-order valence-corrected chi connectivity index (χ3v) is 5.14. The lowest BCUT2D eigenvalue weighted by Gasteiger charge is -2.16. The van der Waals surface area contributed by atoms with E-state index in [0.717, 1.165) is 10.6 Å². The maximum absolute atomic E-state index is 12.0. The van der Waals surface area contributed by atoms with Crippen LogP contribution in [0.5, 0.6) is 0 Å². The monoisotopic (exact) mass is 399 g/mol. The number of hydrogen-bond donors (Lipinski definition) is 2. The molecule has 1 heterocycles. The van der Waals surface area contributed by atoms with Gasteiger partial charge in [-0.1, -0.05) is 12.1 Å². The van der Waals surface area contributed by atoms with Crippen molar-refractivity contribution < 1.29 is 9.53 Å². The smallest absolute Gasteiger partial charge is 0.350 e. The second-order valence-corrected chi connectivity index (χ2v) is 7.09. The molecule has 0 amide bonds. The van der Waals surface area contributed by atoms with Gasteiger partial charge in [-0.3, -0.25) is 0 Å². The van der Waals surface area contributed by atoms with Crippen LogP contribution in [0.15, 0.2) is 29.3 Å². The highest BCUT2D eigenvalue weighted by atomic mass is 32.1. The summed E-state index contributed by atoms with van der Waals surface area (Å²) in [5.74, 6) is 0.303. The molecule has 148 valence electrons. The lowest BCUT2D eigenvalue weighted by molar-refractivity contribution is 0.0531. The predicted molar refractivity (Wildman–Crippen MR) is 110 cm³/mol. The van der Waals surface area contributed by atoms with Crippen molar-refractivity contribution in [2.24, 2.45) is 4.99 Å². The second-order valence-electron chi connectivity index (χ2n) is 6.06. The fraction of sp³-hybridized carbons (Fsp3) is 0.400.